The average Bonchev–Trinajstić information content (AvgIpc) is 3.50. The van der Waals surface area contributed by atoms with Gasteiger partial charge in [-0.15, -0.1) is 0 Å². The van der Waals surface area contributed by atoms with Crippen molar-refractivity contribution in [3.63, 3.8) is 0 Å². The Morgan fingerprint density at radius 1 is 0.959 bits per heavy atom. The van der Waals surface area contributed by atoms with E-state index < -0.39 is 17.9 Å². The largest absolute Gasteiger partial charge is 0.493 e. The first kappa shape index (κ1) is 35.2. The van der Waals surface area contributed by atoms with Crippen LogP contribution in [-0.2, 0) is 9.59 Å². The molecule has 49 heavy (non-hydrogen) atoms. The van der Waals surface area contributed by atoms with E-state index in [9.17, 15) is 19.5 Å². The Bertz CT molecular complexity index is 1760. The van der Waals surface area contributed by atoms with Gasteiger partial charge in [-0.05, 0) is 100 Å². The van der Waals surface area contributed by atoms with Crippen molar-refractivity contribution in [1.29, 1.82) is 0 Å². The summed E-state index contributed by atoms with van der Waals surface area (Å²) in [6.07, 6.45) is 6.36. The molecule has 0 spiro atoms. The molecule has 0 radical (unpaired) electrons. The van der Waals surface area contributed by atoms with Crippen molar-refractivity contribution in [2.45, 2.75) is 50.6 Å². The second-order valence-electron chi connectivity index (χ2n) is 12.5. The highest BCUT2D eigenvalue weighted by atomic mass is 16.5. The van der Waals surface area contributed by atoms with Crippen molar-refractivity contribution in [2.24, 2.45) is 0 Å². The molecule has 0 aliphatic heterocycles. The Morgan fingerprint density at radius 3 is 2.37 bits per heavy atom. The number of aliphatic carboxylic acids is 1. The van der Waals surface area contributed by atoms with Crippen molar-refractivity contribution >= 4 is 28.8 Å². The van der Waals surface area contributed by atoms with Crippen LogP contribution in [0.25, 0.3) is 22.4 Å². The highest BCUT2D eigenvalue weighted by Crippen LogP contribution is 2.37. The number of hydrogen-bond donors (Lipinski definition) is 3. The van der Waals surface area contributed by atoms with Crippen molar-refractivity contribution < 1.29 is 33.7 Å². The summed E-state index contributed by atoms with van der Waals surface area (Å²) in [4.78, 5) is 45.0. The van der Waals surface area contributed by atoms with Gasteiger partial charge in [0.15, 0.2) is 24.1 Å². The minimum Gasteiger partial charge on any atom is -0.493 e. The molecule has 0 saturated heterocycles. The summed E-state index contributed by atoms with van der Waals surface area (Å²) >= 11 is 0. The lowest BCUT2D eigenvalue weighted by Crippen LogP contribution is -2.33. The monoisotopic (exact) mass is 671 g/mol. The van der Waals surface area contributed by atoms with Crippen molar-refractivity contribution in [3.05, 3.63) is 71.8 Å². The lowest BCUT2D eigenvalue weighted by atomic mass is 9.94. The third kappa shape index (κ3) is 8.69. The Balaban J connectivity index is 1.36. The summed E-state index contributed by atoms with van der Waals surface area (Å²) in [7, 11) is 6.95. The zero-order chi connectivity index (χ0) is 34.9. The number of carboxylic acid groups (broad SMARTS) is 1. The van der Waals surface area contributed by atoms with Gasteiger partial charge in [0.1, 0.15) is 11.6 Å². The topological polar surface area (TPSA) is 144 Å². The van der Waals surface area contributed by atoms with Crippen LogP contribution in [0.4, 0.5) is 0 Å². The van der Waals surface area contributed by atoms with Gasteiger partial charge >= 0.3 is 5.97 Å². The number of ether oxygens (including phenoxy) is 3. The predicted molar refractivity (Wildman–Crippen MR) is 186 cm³/mol. The van der Waals surface area contributed by atoms with Gasteiger partial charge in [0, 0.05) is 23.7 Å². The number of aromatic nitrogens is 2. The van der Waals surface area contributed by atoms with Crippen LogP contribution in [0.5, 0.6) is 17.2 Å². The molecule has 5 rings (SSSR count). The Morgan fingerprint density at radius 2 is 1.69 bits per heavy atom. The maximum atomic E-state index is 13.5. The van der Waals surface area contributed by atoms with E-state index in [2.05, 4.69) is 20.1 Å². The summed E-state index contributed by atoms with van der Waals surface area (Å²) in [5.41, 5.74) is 3.06. The minimum atomic E-state index is -1.31. The van der Waals surface area contributed by atoms with Crippen molar-refractivity contribution in [1.82, 2.24) is 25.1 Å². The Kier molecular flexibility index (Phi) is 11.7. The van der Waals surface area contributed by atoms with Gasteiger partial charge < -0.3 is 39.4 Å². The Hall–Kier alpha value is -5.10. The molecule has 0 bridgehead atoms. The van der Waals surface area contributed by atoms with E-state index in [0.717, 1.165) is 55.6 Å². The highest BCUT2D eigenvalue weighted by molar-refractivity contribution is 5.99. The normalized spacial score (nSPS) is 14.0. The summed E-state index contributed by atoms with van der Waals surface area (Å²) in [5, 5.41) is 15.5. The number of carbonyl (C=O) groups excluding carboxylic acids is 2. The third-order valence-corrected chi connectivity index (χ3v) is 8.74. The molecule has 1 heterocycles. The van der Waals surface area contributed by atoms with Gasteiger partial charge in [0.05, 0.1) is 25.3 Å². The van der Waals surface area contributed by atoms with Crippen LogP contribution >= 0.6 is 0 Å². The SMILES string of the molecule is COc1ccc(C(NC(=O)c2ccc3c(c2)nc(-c2ccc(OCC(=O)NCCCN(C)C)cc2)n3C2CCCCC2)C(=O)O)cc1OC. The number of carbonyl (C=O) groups is 3. The van der Waals surface area contributed by atoms with Crippen LogP contribution in [-0.4, -0.2) is 85.4 Å². The van der Waals surface area contributed by atoms with Gasteiger partial charge in [-0.3, -0.25) is 9.59 Å². The lowest BCUT2D eigenvalue weighted by molar-refractivity contribution is -0.139. The molecule has 12 heteroatoms. The molecule has 1 atom stereocenters. The molecule has 260 valence electrons. The van der Waals surface area contributed by atoms with Crippen LogP contribution < -0.4 is 24.8 Å². The molecular formula is C37H45N5O7. The fraction of sp³-hybridized carbons (Fsp3) is 0.405. The first-order valence-corrected chi connectivity index (χ1v) is 16.6. The van der Waals surface area contributed by atoms with E-state index in [0.29, 0.717) is 40.4 Å². The molecule has 3 aromatic carbocycles. The average molecular weight is 672 g/mol. The van der Waals surface area contributed by atoms with Crippen molar-refractivity contribution in [3.8, 4) is 28.6 Å². The summed E-state index contributed by atoms with van der Waals surface area (Å²) < 4.78 is 18.6. The van der Waals surface area contributed by atoms with E-state index in [1.165, 1.54) is 26.7 Å². The maximum Gasteiger partial charge on any atom is 0.330 e. The fourth-order valence-corrected chi connectivity index (χ4v) is 6.21. The minimum absolute atomic E-state index is 0.0680. The van der Waals surface area contributed by atoms with Crippen molar-refractivity contribution in [2.75, 3.05) is 48.0 Å². The zero-order valence-electron chi connectivity index (χ0n) is 28.5. The molecule has 1 saturated carbocycles. The summed E-state index contributed by atoms with van der Waals surface area (Å²) in [5.74, 6) is 0.249. The van der Waals surface area contributed by atoms with E-state index in [-0.39, 0.29) is 18.6 Å². The fourth-order valence-electron chi connectivity index (χ4n) is 6.21. The Labute approximate surface area is 286 Å². The molecule has 4 aromatic rings. The number of fused-ring (bicyclic) bond motifs is 1. The molecule has 1 unspecified atom stereocenters. The van der Waals surface area contributed by atoms with Gasteiger partial charge in [-0.25, -0.2) is 9.78 Å². The first-order valence-electron chi connectivity index (χ1n) is 16.6. The van der Waals surface area contributed by atoms with E-state index in [1.54, 1.807) is 24.3 Å². The molecule has 1 aliphatic carbocycles. The molecular weight excluding hydrogens is 626 g/mol. The second-order valence-corrected chi connectivity index (χ2v) is 12.5. The zero-order valence-corrected chi connectivity index (χ0v) is 28.5. The van der Waals surface area contributed by atoms with Gasteiger partial charge in [0.2, 0.25) is 0 Å². The van der Waals surface area contributed by atoms with Gasteiger partial charge in [-0.2, -0.15) is 0 Å². The molecule has 1 aromatic heterocycles. The summed E-state index contributed by atoms with van der Waals surface area (Å²) in [6.45, 7) is 1.42. The van der Waals surface area contributed by atoms with Crippen LogP contribution in [0.15, 0.2) is 60.7 Å². The number of benzene rings is 3. The molecule has 1 aliphatic rings. The maximum absolute atomic E-state index is 13.5. The van der Waals surface area contributed by atoms with E-state index >= 15 is 0 Å². The highest BCUT2D eigenvalue weighted by Gasteiger charge is 2.26. The smallest absolute Gasteiger partial charge is 0.330 e. The number of imidazole rings is 1. The number of nitrogens with zero attached hydrogens (tertiary/aromatic N) is 3. The third-order valence-electron chi connectivity index (χ3n) is 8.74. The number of carboxylic acids is 1. The lowest BCUT2D eigenvalue weighted by Gasteiger charge is -2.25. The number of amides is 2. The van der Waals surface area contributed by atoms with E-state index in [1.807, 2.05) is 44.4 Å². The quantitative estimate of drug-likeness (QED) is 0.145. The number of hydrogen-bond acceptors (Lipinski definition) is 8. The second kappa shape index (κ2) is 16.3. The molecule has 12 nitrogen and oxygen atoms in total. The first-order chi connectivity index (χ1) is 23.7. The van der Waals surface area contributed by atoms with Crippen LogP contribution in [0.2, 0.25) is 0 Å². The van der Waals surface area contributed by atoms with Crippen LogP contribution in [0.3, 0.4) is 0 Å². The van der Waals surface area contributed by atoms with Crippen LogP contribution in [0.1, 0.15) is 66.5 Å². The number of rotatable bonds is 15. The van der Waals surface area contributed by atoms with Gasteiger partial charge in [0.25, 0.3) is 11.8 Å². The number of methoxy groups -OCH3 is 2. The van der Waals surface area contributed by atoms with E-state index in [4.69, 9.17) is 19.2 Å². The molecule has 1 fully saturated rings. The van der Waals surface area contributed by atoms with Crippen LogP contribution in [0, 0.1) is 0 Å². The molecule has 3 N–H and O–H groups in total. The predicted octanol–water partition coefficient (Wildman–Crippen LogP) is 5.23. The van der Waals surface area contributed by atoms with Gasteiger partial charge in [-0.1, -0.05) is 25.3 Å². The number of nitrogens with one attached hydrogen (secondary N) is 2. The standard InChI is InChI=1S/C37H45N5O7/c1-41(2)20-8-19-38-33(43)23-49-28-15-11-24(12-16-28)35-39-29-21-26(13-17-30(29)42(35)27-9-6-5-7-10-27)36(44)40-34(37(45)46)25-14-18-31(47-3)32(22-25)48-4/h11-18,21-22,27,34H,5-10,19-20,23H2,1-4H3,(H,38,43)(H,40,44)(H,45,46). The molecule has 2 amide bonds. The summed E-state index contributed by atoms with van der Waals surface area (Å²) in [6, 6.07) is 16.5.